The Morgan fingerprint density at radius 1 is 1.44 bits per heavy atom. The molecule has 0 radical (unpaired) electrons. The summed E-state index contributed by atoms with van der Waals surface area (Å²) >= 11 is 0. The summed E-state index contributed by atoms with van der Waals surface area (Å²) in [7, 11) is 0. The molecule has 2 aliphatic carbocycles. The molecule has 0 saturated heterocycles. The normalized spacial score (nSPS) is 29.9. The molecule has 3 atom stereocenters. The number of fused-ring (bicyclic) bond motifs is 2. The average molecular weight is 247 g/mol. The summed E-state index contributed by atoms with van der Waals surface area (Å²) in [6, 6.07) is 0. The average Bonchev–Trinajstić information content (AvgIpc) is 3.06. The zero-order valence-corrected chi connectivity index (χ0v) is 11.0. The minimum atomic E-state index is 0.315. The summed E-state index contributed by atoms with van der Waals surface area (Å²) < 4.78 is 1.88. The molecule has 1 aromatic heterocycles. The lowest BCUT2D eigenvalue weighted by Crippen LogP contribution is -2.24. The second-order valence-electron chi connectivity index (χ2n) is 5.82. The van der Waals surface area contributed by atoms with E-state index in [2.05, 4.69) is 17.0 Å². The fourth-order valence-electron chi connectivity index (χ4n) is 3.75. The molecule has 0 amide bonds. The molecule has 3 rings (SSSR count). The third-order valence-corrected chi connectivity index (χ3v) is 4.62. The lowest BCUT2D eigenvalue weighted by molar-refractivity contribution is -0.123. The van der Waals surface area contributed by atoms with Gasteiger partial charge in [-0.05, 0) is 37.5 Å². The summed E-state index contributed by atoms with van der Waals surface area (Å²) in [4.78, 5) is 16.6. The molecule has 4 nitrogen and oxygen atoms in total. The quantitative estimate of drug-likeness (QED) is 0.801. The zero-order chi connectivity index (χ0) is 12.5. The molecule has 1 aromatic rings. The van der Waals surface area contributed by atoms with Gasteiger partial charge in [-0.2, -0.15) is 5.10 Å². The maximum Gasteiger partial charge on any atom is 0.143 e. The Labute approximate surface area is 108 Å². The van der Waals surface area contributed by atoms with E-state index in [0.29, 0.717) is 24.0 Å². The number of hydrogen-bond donors (Lipinski definition) is 0. The van der Waals surface area contributed by atoms with E-state index in [1.807, 2.05) is 4.68 Å². The van der Waals surface area contributed by atoms with Crippen LogP contribution in [0.1, 0.15) is 44.9 Å². The Morgan fingerprint density at radius 3 is 3.00 bits per heavy atom. The van der Waals surface area contributed by atoms with Crippen molar-refractivity contribution < 1.29 is 4.79 Å². The van der Waals surface area contributed by atoms with E-state index in [0.717, 1.165) is 31.1 Å². The van der Waals surface area contributed by atoms with Gasteiger partial charge >= 0.3 is 0 Å². The van der Waals surface area contributed by atoms with Crippen LogP contribution < -0.4 is 0 Å². The van der Waals surface area contributed by atoms with Crippen molar-refractivity contribution in [2.24, 2.45) is 17.8 Å². The molecule has 1 heterocycles. The Bertz CT molecular complexity index is 440. The molecule has 2 saturated carbocycles. The van der Waals surface area contributed by atoms with Gasteiger partial charge in [-0.25, -0.2) is 9.67 Å². The zero-order valence-electron chi connectivity index (χ0n) is 11.0. The van der Waals surface area contributed by atoms with Gasteiger partial charge in [0.1, 0.15) is 17.9 Å². The third-order valence-electron chi connectivity index (χ3n) is 4.62. The first kappa shape index (κ1) is 11.9. The van der Waals surface area contributed by atoms with Gasteiger partial charge < -0.3 is 0 Å². The first-order chi connectivity index (χ1) is 8.78. The SMILES string of the molecule is CCCn1ncnc1CC(=O)C1CC2CCC1C2. The molecule has 98 valence electrons. The van der Waals surface area contributed by atoms with Gasteiger partial charge in [-0.15, -0.1) is 0 Å². The highest BCUT2D eigenvalue weighted by Gasteiger charge is 2.42. The first-order valence-corrected chi connectivity index (χ1v) is 7.17. The van der Waals surface area contributed by atoms with E-state index in [-0.39, 0.29) is 0 Å². The van der Waals surface area contributed by atoms with Crippen molar-refractivity contribution >= 4 is 5.78 Å². The van der Waals surface area contributed by atoms with Crippen LogP contribution in [0.5, 0.6) is 0 Å². The van der Waals surface area contributed by atoms with Crippen LogP contribution in [0.25, 0.3) is 0 Å². The van der Waals surface area contributed by atoms with Crippen LogP contribution in [-0.4, -0.2) is 20.5 Å². The standard InChI is InChI=1S/C14H21N3O/c1-2-5-17-14(15-9-16-17)8-13(18)12-7-10-3-4-11(12)6-10/h9-12H,2-8H2,1H3. The predicted octanol–water partition coefficient (Wildman–Crippen LogP) is 2.24. The highest BCUT2D eigenvalue weighted by Crippen LogP contribution is 2.48. The Kier molecular flexibility index (Phi) is 3.18. The second-order valence-corrected chi connectivity index (χ2v) is 5.82. The minimum absolute atomic E-state index is 0.315. The van der Waals surface area contributed by atoms with Gasteiger partial charge in [0.15, 0.2) is 0 Å². The van der Waals surface area contributed by atoms with Crippen molar-refractivity contribution in [2.45, 2.75) is 52.0 Å². The number of Topliss-reactive ketones (excluding diaryl/α,β-unsaturated/α-hetero) is 1. The van der Waals surface area contributed by atoms with Crippen LogP contribution in [0, 0.1) is 17.8 Å². The van der Waals surface area contributed by atoms with E-state index in [9.17, 15) is 4.79 Å². The number of nitrogens with zero attached hydrogens (tertiary/aromatic N) is 3. The summed E-state index contributed by atoms with van der Waals surface area (Å²) in [6.07, 6.45) is 8.11. The molecule has 2 aliphatic rings. The Balaban J connectivity index is 1.65. The number of carbonyl (C=O) groups is 1. The maximum atomic E-state index is 12.4. The third kappa shape index (κ3) is 2.08. The van der Waals surface area contributed by atoms with Crippen LogP contribution in [0.15, 0.2) is 6.33 Å². The molecule has 3 unspecified atom stereocenters. The van der Waals surface area contributed by atoms with Crippen molar-refractivity contribution in [3.63, 3.8) is 0 Å². The summed E-state index contributed by atoms with van der Waals surface area (Å²) in [5.41, 5.74) is 0. The number of rotatable bonds is 5. The molecule has 18 heavy (non-hydrogen) atoms. The highest BCUT2D eigenvalue weighted by atomic mass is 16.1. The molecule has 2 bridgehead atoms. The summed E-state index contributed by atoms with van der Waals surface area (Å²) in [5, 5.41) is 4.19. The van der Waals surface area contributed by atoms with Crippen LogP contribution in [0.3, 0.4) is 0 Å². The smallest absolute Gasteiger partial charge is 0.143 e. The molecule has 0 N–H and O–H groups in total. The summed E-state index contributed by atoms with van der Waals surface area (Å²) in [6.45, 7) is 2.97. The van der Waals surface area contributed by atoms with Crippen LogP contribution in [0.4, 0.5) is 0 Å². The van der Waals surface area contributed by atoms with Crippen molar-refractivity contribution in [1.82, 2.24) is 14.8 Å². The van der Waals surface area contributed by atoms with Crippen LogP contribution >= 0.6 is 0 Å². The number of hydrogen-bond acceptors (Lipinski definition) is 3. The molecular formula is C14H21N3O. The number of carbonyl (C=O) groups excluding carboxylic acids is 1. The van der Waals surface area contributed by atoms with Crippen LogP contribution in [0.2, 0.25) is 0 Å². The molecule has 0 aromatic carbocycles. The van der Waals surface area contributed by atoms with Gasteiger partial charge in [-0.3, -0.25) is 4.79 Å². The van der Waals surface area contributed by atoms with Gasteiger partial charge in [0.25, 0.3) is 0 Å². The lowest BCUT2D eigenvalue weighted by atomic mass is 9.84. The fraction of sp³-hybridized carbons (Fsp3) is 0.786. The molecule has 0 spiro atoms. The Morgan fingerprint density at radius 2 is 2.33 bits per heavy atom. The van der Waals surface area contributed by atoms with Crippen molar-refractivity contribution in [2.75, 3.05) is 0 Å². The minimum Gasteiger partial charge on any atom is -0.299 e. The second kappa shape index (κ2) is 4.82. The number of aryl methyl sites for hydroxylation is 1. The van der Waals surface area contributed by atoms with Gasteiger partial charge in [0.2, 0.25) is 0 Å². The molecular weight excluding hydrogens is 226 g/mol. The van der Waals surface area contributed by atoms with Crippen molar-refractivity contribution in [3.8, 4) is 0 Å². The van der Waals surface area contributed by atoms with Gasteiger partial charge in [0, 0.05) is 12.5 Å². The molecule has 0 aliphatic heterocycles. The number of aromatic nitrogens is 3. The largest absolute Gasteiger partial charge is 0.299 e. The van der Waals surface area contributed by atoms with E-state index in [4.69, 9.17) is 0 Å². The Hall–Kier alpha value is -1.19. The maximum absolute atomic E-state index is 12.4. The summed E-state index contributed by atoms with van der Waals surface area (Å²) in [5.74, 6) is 3.07. The molecule has 2 fully saturated rings. The molecule has 4 heteroatoms. The van der Waals surface area contributed by atoms with Gasteiger partial charge in [0.05, 0.1) is 6.42 Å². The fourth-order valence-corrected chi connectivity index (χ4v) is 3.75. The van der Waals surface area contributed by atoms with Crippen molar-refractivity contribution in [3.05, 3.63) is 12.2 Å². The van der Waals surface area contributed by atoms with E-state index < -0.39 is 0 Å². The van der Waals surface area contributed by atoms with E-state index >= 15 is 0 Å². The first-order valence-electron chi connectivity index (χ1n) is 7.17. The highest BCUT2D eigenvalue weighted by molar-refractivity contribution is 5.83. The topological polar surface area (TPSA) is 47.8 Å². The van der Waals surface area contributed by atoms with E-state index in [1.54, 1.807) is 6.33 Å². The van der Waals surface area contributed by atoms with Crippen molar-refractivity contribution in [1.29, 1.82) is 0 Å². The monoisotopic (exact) mass is 247 g/mol. The lowest BCUT2D eigenvalue weighted by Gasteiger charge is -2.20. The van der Waals surface area contributed by atoms with E-state index in [1.165, 1.54) is 19.3 Å². The van der Waals surface area contributed by atoms with Gasteiger partial charge in [-0.1, -0.05) is 13.3 Å². The number of ketones is 1. The predicted molar refractivity (Wildman–Crippen MR) is 68.0 cm³/mol. The van der Waals surface area contributed by atoms with Crippen LogP contribution in [-0.2, 0) is 17.8 Å².